The van der Waals surface area contributed by atoms with E-state index in [1.54, 1.807) is 26.2 Å². The van der Waals surface area contributed by atoms with Gasteiger partial charge in [0.15, 0.2) is 0 Å². The zero-order valence-corrected chi connectivity index (χ0v) is 8.96. The molecule has 0 aromatic heterocycles. The topological polar surface area (TPSA) is 32.3 Å². The number of amides is 1. The third-order valence-electron chi connectivity index (χ3n) is 2.18. The normalized spacial score (nSPS) is 10.1. The van der Waals surface area contributed by atoms with E-state index in [1.165, 1.54) is 17.0 Å². The van der Waals surface area contributed by atoms with Gasteiger partial charge in [-0.3, -0.25) is 4.79 Å². The maximum absolute atomic E-state index is 12.6. The summed E-state index contributed by atoms with van der Waals surface area (Å²) in [6, 6.07) is 5.87. The van der Waals surface area contributed by atoms with Crippen molar-refractivity contribution in [3.05, 3.63) is 30.1 Å². The fraction of sp³-hybridized carbons (Fsp3) is 0.364. The van der Waals surface area contributed by atoms with Crippen LogP contribution in [-0.4, -0.2) is 26.5 Å². The van der Waals surface area contributed by atoms with Crippen LogP contribution in [0.25, 0.3) is 0 Å². The van der Waals surface area contributed by atoms with Crippen molar-refractivity contribution in [2.75, 3.05) is 25.5 Å². The van der Waals surface area contributed by atoms with Crippen LogP contribution < -0.4 is 10.2 Å². The Labute approximate surface area is 88.9 Å². The molecule has 0 radical (unpaired) electrons. The highest BCUT2D eigenvalue weighted by Crippen LogP contribution is 2.13. The van der Waals surface area contributed by atoms with Gasteiger partial charge in [-0.2, -0.15) is 0 Å². The molecule has 82 valence electrons. The maximum Gasteiger partial charge on any atom is 0.227 e. The first kappa shape index (κ1) is 11.7. The van der Waals surface area contributed by atoms with E-state index in [0.717, 1.165) is 0 Å². The highest BCUT2D eigenvalue weighted by Gasteiger charge is 2.09. The Balaban J connectivity index is 2.63. The summed E-state index contributed by atoms with van der Waals surface area (Å²) in [5.74, 6) is -0.286. The zero-order valence-electron chi connectivity index (χ0n) is 8.96. The molecule has 15 heavy (non-hydrogen) atoms. The molecule has 1 N–H and O–H groups in total. The molecule has 1 rings (SSSR count). The van der Waals surface area contributed by atoms with Crippen LogP contribution in [0.1, 0.15) is 6.42 Å². The number of hydrogen-bond acceptors (Lipinski definition) is 2. The molecule has 0 atom stereocenters. The van der Waals surface area contributed by atoms with Crippen LogP contribution in [0.15, 0.2) is 24.3 Å². The summed E-state index contributed by atoms with van der Waals surface area (Å²) >= 11 is 0. The van der Waals surface area contributed by atoms with Crippen LogP contribution in [0.5, 0.6) is 0 Å². The van der Waals surface area contributed by atoms with E-state index in [1.807, 2.05) is 0 Å². The molecule has 1 amide bonds. The van der Waals surface area contributed by atoms with Crippen molar-refractivity contribution in [1.29, 1.82) is 0 Å². The van der Waals surface area contributed by atoms with Crippen molar-refractivity contribution in [3.63, 3.8) is 0 Å². The highest BCUT2D eigenvalue weighted by molar-refractivity contribution is 5.92. The zero-order chi connectivity index (χ0) is 11.3. The van der Waals surface area contributed by atoms with Crippen LogP contribution >= 0.6 is 0 Å². The molecule has 0 saturated carbocycles. The lowest BCUT2D eigenvalue weighted by Crippen LogP contribution is -2.28. The second kappa shape index (κ2) is 5.46. The molecule has 0 fully saturated rings. The number of nitrogens with zero attached hydrogens (tertiary/aromatic N) is 1. The van der Waals surface area contributed by atoms with E-state index in [2.05, 4.69) is 5.32 Å². The molecule has 0 aliphatic rings. The van der Waals surface area contributed by atoms with Gasteiger partial charge in [0.2, 0.25) is 5.91 Å². The van der Waals surface area contributed by atoms with Gasteiger partial charge in [0.1, 0.15) is 5.82 Å². The van der Waals surface area contributed by atoms with Crippen molar-refractivity contribution in [3.8, 4) is 0 Å². The van der Waals surface area contributed by atoms with Gasteiger partial charge < -0.3 is 10.2 Å². The first-order valence-electron chi connectivity index (χ1n) is 4.82. The predicted molar refractivity (Wildman–Crippen MR) is 58.4 cm³/mol. The maximum atomic E-state index is 12.6. The van der Waals surface area contributed by atoms with Gasteiger partial charge in [0.25, 0.3) is 0 Å². The van der Waals surface area contributed by atoms with E-state index in [-0.39, 0.29) is 11.7 Å². The molecule has 0 aliphatic heterocycles. The molecule has 0 spiro atoms. The minimum absolute atomic E-state index is 0.0101. The van der Waals surface area contributed by atoms with Crippen molar-refractivity contribution >= 4 is 11.6 Å². The Hall–Kier alpha value is -1.42. The van der Waals surface area contributed by atoms with E-state index >= 15 is 0 Å². The number of nitrogens with one attached hydrogen (secondary N) is 1. The molecule has 1 aromatic rings. The molecule has 0 unspecified atom stereocenters. The van der Waals surface area contributed by atoms with Gasteiger partial charge in [-0.1, -0.05) is 0 Å². The number of carbonyl (C=O) groups excluding carboxylic acids is 1. The number of anilines is 1. The monoisotopic (exact) mass is 210 g/mol. The van der Waals surface area contributed by atoms with Gasteiger partial charge in [0.05, 0.1) is 0 Å². The number of halogens is 1. The van der Waals surface area contributed by atoms with Crippen LogP contribution in [0, 0.1) is 5.82 Å². The second-order valence-corrected chi connectivity index (χ2v) is 3.28. The van der Waals surface area contributed by atoms with E-state index in [4.69, 9.17) is 0 Å². The Morgan fingerprint density at radius 1 is 1.40 bits per heavy atom. The molecule has 0 aliphatic carbocycles. The summed E-state index contributed by atoms with van der Waals surface area (Å²) in [6.45, 7) is 0.643. The van der Waals surface area contributed by atoms with Gasteiger partial charge >= 0.3 is 0 Å². The van der Waals surface area contributed by atoms with Crippen LogP contribution in [0.4, 0.5) is 10.1 Å². The van der Waals surface area contributed by atoms with Crippen LogP contribution in [0.2, 0.25) is 0 Å². The largest absolute Gasteiger partial charge is 0.319 e. The van der Waals surface area contributed by atoms with E-state index in [0.29, 0.717) is 18.7 Å². The van der Waals surface area contributed by atoms with Crippen molar-refractivity contribution in [2.45, 2.75) is 6.42 Å². The first-order chi connectivity index (χ1) is 7.15. The van der Waals surface area contributed by atoms with Crippen molar-refractivity contribution < 1.29 is 9.18 Å². The van der Waals surface area contributed by atoms with Gasteiger partial charge in [-0.15, -0.1) is 0 Å². The Morgan fingerprint density at radius 3 is 2.53 bits per heavy atom. The molecule has 0 heterocycles. The number of hydrogen-bond donors (Lipinski definition) is 1. The lowest BCUT2D eigenvalue weighted by atomic mass is 10.2. The van der Waals surface area contributed by atoms with Crippen LogP contribution in [0.3, 0.4) is 0 Å². The summed E-state index contributed by atoms with van der Waals surface area (Å²) in [7, 11) is 3.48. The average molecular weight is 210 g/mol. The Bertz CT molecular complexity index is 324. The Kier molecular flexibility index (Phi) is 4.24. The molecular formula is C11H15FN2O. The summed E-state index contributed by atoms with van der Waals surface area (Å²) in [6.07, 6.45) is 0.435. The smallest absolute Gasteiger partial charge is 0.227 e. The number of rotatable bonds is 4. The van der Waals surface area contributed by atoms with E-state index in [9.17, 15) is 9.18 Å². The van der Waals surface area contributed by atoms with Gasteiger partial charge in [-0.25, -0.2) is 4.39 Å². The molecule has 3 nitrogen and oxygen atoms in total. The average Bonchev–Trinajstić information content (AvgIpc) is 2.26. The predicted octanol–water partition coefficient (Wildman–Crippen LogP) is 1.40. The van der Waals surface area contributed by atoms with Crippen molar-refractivity contribution in [1.82, 2.24) is 5.32 Å². The van der Waals surface area contributed by atoms with E-state index < -0.39 is 0 Å². The quantitative estimate of drug-likeness (QED) is 0.814. The molecule has 1 aromatic carbocycles. The minimum Gasteiger partial charge on any atom is -0.319 e. The van der Waals surface area contributed by atoms with Crippen molar-refractivity contribution in [2.24, 2.45) is 0 Å². The summed E-state index contributed by atoms with van der Waals surface area (Å²) in [5.41, 5.74) is 0.706. The standard InChI is InChI=1S/C11H15FN2O/c1-13-8-7-11(15)14(2)10-5-3-9(12)4-6-10/h3-6,13H,7-8H2,1-2H3. The molecule has 4 heteroatoms. The minimum atomic E-state index is -0.296. The Morgan fingerprint density at radius 2 is 2.00 bits per heavy atom. The fourth-order valence-corrected chi connectivity index (χ4v) is 1.21. The van der Waals surface area contributed by atoms with Gasteiger partial charge in [-0.05, 0) is 31.3 Å². The lowest BCUT2D eigenvalue weighted by molar-refractivity contribution is -0.118. The molecular weight excluding hydrogens is 195 g/mol. The summed E-state index contributed by atoms with van der Waals surface area (Å²) < 4.78 is 12.6. The highest BCUT2D eigenvalue weighted by atomic mass is 19.1. The fourth-order valence-electron chi connectivity index (χ4n) is 1.21. The summed E-state index contributed by atoms with van der Waals surface area (Å²) in [5, 5.41) is 2.91. The third kappa shape index (κ3) is 3.32. The molecule has 0 saturated heterocycles. The number of carbonyl (C=O) groups is 1. The second-order valence-electron chi connectivity index (χ2n) is 3.28. The summed E-state index contributed by atoms with van der Waals surface area (Å²) in [4.78, 5) is 13.1. The van der Waals surface area contributed by atoms with Gasteiger partial charge in [0, 0.05) is 25.7 Å². The van der Waals surface area contributed by atoms with Crippen LogP contribution in [-0.2, 0) is 4.79 Å². The first-order valence-corrected chi connectivity index (χ1v) is 4.82. The number of benzene rings is 1. The SMILES string of the molecule is CNCCC(=O)N(C)c1ccc(F)cc1. The molecule has 0 bridgehead atoms. The third-order valence-corrected chi connectivity index (χ3v) is 2.18. The lowest BCUT2D eigenvalue weighted by Gasteiger charge is -2.17.